The van der Waals surface area contributed by atoms with E-state index >= 15 is 0 Å². The van der Waals surface area contributed by atoms with E-state index in [0.717, 1.165) is 16.3 Å². The van der Waals surface area contributed by atoms with Gasteiger partial charge in [0.05, 0.1) is 11.6 Å². The van der Waals surface area contributed by atoms with Gasteiger partial charge >= 0.3 is 0 Å². The fourth-order valence-electron chi connectivity index (χ4n) is 1.40. The minimum Gasteiger partial charge on any atom is -0.192 e. The minimum atomic E-state index is 0.713. The Hall–Kier alpha value is -0.850. The molecule has 0 saturated heterocycles. The van der Waals surface area contributed by atoms with Gasteiger partial charge in [-0.2, -0.15) is 5.26 Å². The molecule has 14 heavy (non-hydrogen) atoms. The maximum atomic E-state index is 8.82. The summed E-state index contributed by atoms with van der Waals surface area (Å²) in [6, 6.07) is 8.13. The maximum Gasteiger partial charge on any atom is 0.0992 e. The van der Waals surface area contributed by atoms with Gasteiger partial charge in [0.15, 0.2) is 0 Å². The van der Waals surface area contributed by atoms with Gasteiger partial charge in [0, 0.05) is 14.0 Å². The smallest absolute Gasteiger partial charge is 0.0992 e. The fraction of sp³-hybridized carbons (Fsp3) is 0.182. The van der Waals surface area contributed by atoms with E-state index in [-0.39, 0.29) is 0 Å². The van der Waals surface area contributed by atoms with Crippen LogP contribution in [-0.4, -0.2) is 0 Å². The Balaban J connectivity index is 2.75. The predicted molar refractivity (Wildman–Crippen MR) is 63.6 cm³/mol. The highest BCUT2D eigenvalue weighted by Gasteiger charge is 2.05. The molecule has 3 heteroatoms. The summed E-state index contributed by atoms with van der Waals surface area (Å²) in [4.78, 5) is 1.36. The summed E-state index contributed by atoms with van der Waals surface area (Å²) >= 11 is 5.28. The van der Waals surface area contributed by atoms with Crippen LogP contribution in [0.3, 0.4) is 0 Å². The van der Waals surface area contributed by atoms with Crippen LogP contribution in [0.15, 0.2) is 22.7 Å². The SMILES string of the molecule is CCc1cc2cc(C#N)cc(Br)c2s1. The maximum absolute atomic E-state index is 8.82. The standard InChI is InChI=1S/C11H8BrNS/c1-2-9-5-8-3-7(6-13)4-10(12)11(8)14-9/h3-5H,2H2,1H3. The Kier molecular flexibility index (Phi) is 2.58. The van der Waals surface area contributed by atoms with E-state index in [9.17, 15) is 0 Å². The number of rotatable bonds is 1. The zero-order valence-corrected chi connectivity index (χ0v) is 10.1. The summed E-state index contributed by atoms with van der Waals surface area (Å²) < 4.78 is 2.26. The molecule has 1 aromatic carbocycles. The number of halogens is 1. The van der Waals surface area contributed by atoms with Gasteiger partial charge in [0.25, 0.3) is 0 Å². The van der Waals surface area contributed by atoms with Crippen molar-refractivity contribution in [3.05, 3.63) is 33.1 Å². The van der Waals surface area contributed by atoms with Gasteiger partial charge in [-0.3, -0.25) is 0 Å². The van der Waals surface area contributed by atoms with Crippen LogP contribution in [0.5, 0.6) is 0 Å². The van der Waals surface area contributed by atoms with Crippen LogP contribution < -0.4 is 0 Å². The van der Waals surface area contributed by atoms with Crippen LogP contribution in [0.4, 0.5) is 0 Å². The molecule has 0 aliphatic carbocycles. The third-order valence-electron chi connectivity index (χ3n) is 2.10. The van der Waals surface area contributed by atoms with Crippen molar-refractivity contribution in [2.45, 2.75) is 13.3 Å². The summed E-state index contributed by atoms with van der Waals surface area (Å²) in [6.07, 6.45) is 1.05. The topological polar surface area (TPSA) is 23.8 Å². The Morgan fingerprint density at radius 3 is 2.86 bits per heavy atom. The lowest BCUT2D eigenvalue weighted by atomic mass is 10.2. The van der Waals surface area contributed by atoms with Gasteiger partial charge in [-0.1, -0.05) is 6.92 Å². The average Bonchev–Trinajstić information content (AvgIpc) is 2.61. The number of thiophene rings is 1. The Morgan fingerprint density at radius 1 is 1.43 bits per heavy atom. The van der Waals surface area contributed by atoms with E-state index in [2.05, 4.69) is 35.0 Å². The van der Waals surface area contributed by atoms with E-state index in [1.165, 1.54) is 9.58 Å². The summed E-state index contributed by atoms with van der Waals surface area (Å²) in [5, 5.41) is 9.98. The van der Waals surface area contributed by atoms with Crippen LogP contribution in [0, 0.1) is 11.3 Å². The first-order chi connectivity index (χ1) is 6.74. The van der Waals surface area contributed by atoms with Gasteiger partial charge in [0.1, 0.15) is 0 Å². The lowest BCUT2D eigenvalue weighted by Crippen LogP contribution is -1.73. The number of nitriles is 1. The highest BCUT2D eigenvalue weighted by molar-refractivity contribution is 9.10. The minimum absolute atomic E-state index is 0.713. The predicted octanol–water partition coefficient (Wildman–Crippen LogP) is 4.10. The largest absolute Gasteiger partial charge is 0.192 e. The summed E-state index contributed by atoms with van der Waals surface area (Å²) in [5.74, 6) is 0. The Morgan fingerprint density at radius 2 is 2.21 bits per heavy atom. The lowest BCUT2D eigenvalue weighted by Gasteiger charge is -1.93. The molecule has 0 aliphatic heterocycles. The summed E-state index contributed by atoms with van der Waals surface area (Å²) in [6.45, 7) is 2.14. The second kappa shape index (κ2) is 3.72. The van der Waals surface area contributed by atoms with Crippen molar-refractivity contribution in [3.63, 3.8) is 0 Å². The molecule has 0 spiro atoms. The van der Waals surface area contributed by atoms with Crippen molar-refractivity contribution in [2.75, 3.05) is 0 Å². The first kappa shape index (κ1) is 9.70. The molecule has 1 aromatic heterocycles. The summed E-state index contributed by atoms with van der Waals surface area (Å²) in [5.41, 5.74) is 0.713. The van der Waals surface area contributed by atoms with Gasteiger partial charge in [0.2, 0.25) is 0 Å². The Labute approximate surface area is 95.1 Å². The van der Waals surface area contributed by atoms with E-state index in [4.69, 9.17) is 5.26 Å². The summed E-state index contributed by atoms with van der Waals surface area (Å²) in [7, 11) is 0. The van der Waals surface area contributed by atoms with E-state index in [1.54, 1.807) is 11.3 Å². The van der Waals surface area contributed by atoms with Crippen LogP contribution in [0.1, 0.15) is 17.4 Å². The number of hydrogen-bond acceptors (Lipinski definition) is 2. The van der Waals surface area contributed by atoms with Crippen LogP contribution in [0.2, 0.25) is 0 Å². The third kappa shape index (κ3) is 1.56. The molecule has 1 heterocycles. The molecule has 2 rings (SSSR count). The molecule has 0 atom stereocenters. The van der Waals surface area contributed by atoms with Gasteiger partial charge in [-0.15, -0.1) is 11.3 Å². The normalized spacial score (nSPS) is 10.4. The van der Waals surface area contributed by atoms with Crippen molar-refractivity contribution < 1.29 is 0 Å². The zero-order valence-electron chi connectivity index (χ0n) is 7.67. The van der Waals surface area contributed by atoms with Crippen molar-refractivity contribution in [1.29, 1.82) is 5.26 Å². The molecule has 0 amide bonds. The highest BCUT2D eigenvalue weighted by Crippen LogP contribution is 2.33. The van der Waals surface area contributed by atoms with Crippen LogP contribution in [0.25, 0.3) is 10.1 Å². The highest BCUT2D eigenvalue weighted by atomic mass is 79.9. The number of fused-ring (bicyclic) bond motifs is 1. The number of nitrogens with zero attached hydrogens (tertiary/aromatic N) is 1. The fourth-order valence-corrected chi connectivity index (χ4v) is 3.11. The van der Waals surface area contributed by atoms with Crippen molar-refractivity contribution in [1.82, 2.24) is 0 Å². The lowest BCUT2D eigenvalue weighted by molar-refractivity contribution is 1.19. The van der Waals surface area contributed by atoms with Gasteiger partial charge in [-0.05, 0) is 45.9 Å². The van der Waals surface area contributed by atoms with Gasteiger partial charge in [-0.25, -0.2) is 0 Å². The number of aryl methyl sites for hydroxylation is 1. The van der Waals surface area contributed by atoms with E-state index in [0.29, 0.717) is 5.56 Å². The molecule has 70 valence electrons. The van der Waals surface area contributed by atoms with Gasteiger partial charge < -0.3 is 0 Å². The molecule has 0 radical (unpaired) electrons. The molecular weight excluding hydrogens is 258 g/mol. The Bertz CT molecular complexity index is 522. The first-order valence-corrected chi connectivity index (χ1v) is 5.97. The molecule has 0 bridgehead atoms. The number of benzene rings is 1. The van der Waals surface area contributed by atoms with E-state index in [1.807, 2.05) is 12.1 Å². The third-order valence-corrected chi connectivity index (χ3v) is 4.32. The number of hydrogen-bond donors (Lipinski definition) is 0. The van der Waals surface area contributed by atoms with Crippen molar-refractivity contribution in [3.8, 4) is 6.07 Å². The van der Waals surface area contributed by atoms with Crippen molar-refractivity contribution >= 4 is 37.4 Å². The quantitative estimate of drug-likeness (QED) is 0.762. The molecule has 0 fully saturated rings. The van der Waals surface area contributed by atoms with Crippen molar-refractivity contribution in [2.24, 2.45) is 0 Å². The molecular formula is C11H8BrNS. The molecule has 1 nitrogen and oxygen atoms in total. The zero-order chi connectivity index (χ0) is 10.1. The molecule has 0 unspecified atom stereocenters. The first-order valence-electron chi connectivity index (χ1n) is 4.36. The van der Waals surface area contributed by atoms with Crippen LogP contribution in [-0.2, 0) is 6.42 Å². The monoisotopic (exact) mass is 265 g/mol. The molecule has 0 N–H and O–H groups in total. The second-order valence-corrected chi connectivity index (χ2v) is 5.05. The average molecular weight is 266 g/mol. The van der Waals surface area contributed by atoms with E-state index < -0.39 is 0 Å². The molecule has 0 aliphatic rings. The molecule has 2 aromatic rings. The van der Waals surface area contributed by atoms with Crippen LogP contribution >= 0.6 is 27.3 Å². The second-order valence-electron chi connectivity index (χ2n) is 3.05. The molecule has 0 saturated carbocycles.